The van der Waals surface area contributed by atoms with E-state index in [9.17, 15) is 0 Å². The molecular weight excluding hydrogens is 557 g/mol. The van der Waals surface area contributed by atoms with Gasteiger partial charge in [0.25, 0.3) is 0 Å². The van der Waals surface area contributed by atoms with Crippen LogP contribution in [0.15, 0.2) is 0 Å². The van der Waals surface area contributed by atoms with Gasteiger partial charge in [-0.1, -0.05) is 51.9 Å². The first-order chi connectivity index (χ1) is 14.6. The van der Waals surface area contributed by atoms with E-state index in [4.69, 9.17) is 80.7 Å². The Bertz CT molecular complexity index is 374. The van der Waals surface area contributed by atoms with E-state index in [1.54, 1.807) is 0 Å². The Morgan fingerprint density at radius 3 is 1.26 bits per heavy atom. The molecule has 188 valence electrons. The van der Waals surface area contributed by atoms with Crippen LogP contribution < -0.4 is 0 Å². The van der Waals surface area contributed by atoms with Crippen molar-refractivity contribution in [3.63, 3.8) is 0 Å². The van der Waals surface area contributed by atoms with Gasteiger partial charge in [0.2, 0.25) is 0 Å². The van der Waals surface area contributed by atoms with Crippen LogP contribution in [0.3, 0.4) is 0 Å². The summed E-state index contributed by atoms with van der Waals surface area (Å²) in [4.78, 5) is 0. The maximum absolute atomic E-state index is 5.91. The molecule has 0 N–H and O–H groups in total. The van der Waals surface area contributed by atoms with Gasteiger partial charge in [-0.15, -0.1) is 66.5 Å². The molecule has 0 aromatic carbocycles. The monoisotopic (exact) mass is 594 g/mol. The van der Waals surface area contributed by atoms with E-state index >= 15 is 0 Å². The van der Waals surface area contributed by atoms with E-state index in [2.05, 4.69) is 6.92 Å². The summed E-state index contributed by atoms with van der Waals surface area (Å²) < 4.78 is 17.4. The first kappa shape index (κ1) is 33.1. The highest BCUT2D eigenvalue weighted by Crippen LogP contribution is 2.27. The molecule has 11 heteroatoms. The zero-order valence-electron chi connectivity index (χ0n) is 18.8. The normalized spacial score (nSPS) is 12.8. The molecule has 0 amide bonds. The van der Waals surface area contributed by atoms with Crippen LogP contribution in [0.5, 0.6) is 0 Å². The smallest absolute Gasteiger partial charge is 0.341 e. The summed E-state index contributed by atoms with van der Waals surface area (Å²) in [6.07, 6.45) is 11.8. The molecule has 0 aliphatic heterocycles. The Balaban J connectivity index is 3.94. The molecule has 0 rings (SSSR count). The van der Waals surface area contributed by atoms with Crippen LogP contribution in [0.25, 0.3) is 0 Å². The Kier molecular flexibility index (Phi) is 22.8. The molecule has 0 saturated heterocycles. The van der Waals surface area contributed by atoms with E-state index in [0.29, 0.717) is 45.1 Å². The Labute approximate surface area is 220 Å². The van der Waals surface area contributed by atoms with E-state index in [-0.39, 0.29) is 5.92 Å². The van der Waals surface area contributed by atoms with E-state index in [0.717, 1.165) is 25.9 Å². The molecule has 0 aliphatic carbocycles. The number of ether oxygens (including phenoxy) is 3. The SMILES string of the molecule is CCCCCCCCCCOCC(COCCC[Si](Cl)(Cl)Cl)COCCC[Si](Cl)(Cl)Cl. The molecule has 0 heterocycles. The third kappa shape index (κ3) is 28.2. The maximum atomic E-state index is 5.91. The molecule has 0 bridgehead atoms. The molecule has 31 heavy (non-hydrogen) atoms. The summed E-state index contributed by atoms with van der Waals surface area (Å²) in [5.74, 6) is 0.170. The molecule has 0 aromatic rings. The van der Waals surface area contributed by atoms with E-state index < -0.39 is 12.0 Å². The summed E-state index contributed by atoms with van der Waals surface area (Å²) in [5.41, 5.74) is 0. The average molecular weight is 597 g/mol. The van der Waals surface area contributed by atoms with Crippen molar-refractivity contribution in [3.05, 3.63) is 0 Å². The number of hydrogen-bond donors (Lipinski definition) is 0. The summed E-state index contributed by atoms with van der Waals surface area (Å²) in [7, 11) is 0. The van der Waals surface area contributed by atoms with Crippen molar-refractivity contribution in [2.75, 3.05) is 39.6 Å². The van der Waals surface area contributed by atoms with Crippen molar-refractivity contribution in [2.24, 2.45) is 5.92 Å². The fraction of sp³-hybridized carbons (Fsp3) is 1.00. The fourth-order valence-corrected chi connectivity index (χ4v) is 6.48. The van der Waals surface area contributed by atoms with Gasteiger partial charge in [-0.2, -0.15) is 0 Å². The van der Waals surface area contributed by atoms with E-state index in [1.807, 2.05) is 0 Å². The summed E-state index contributed by atoms with van der Waals surface area (Å²) in [6, 6.07) is -3.93. The summed E-state index contributed by atoms with van der Waals surface area (Å²) >= 11 is 35.4. The third-order valence-electron chi connectivity index (χ3n) is 4.70. The lowest BCUT2D eigenvalue weighted by molar-refractivity contribution is -0.00615. The topological polar surface area (TPSA) is 27.7 Å². The summed E-state index contributed by atoms with van der Waals surface area (Å²) in [5, 5.41) is 0. The minimum atomic E-state index is -2.57. The number of hydrogen-bond acceptors (Lipinski definition) is 3. The largest absolute Gasteiger partial charge is 0.381 e. The average Bonchev–Trinajstić information content (AvgIpc) is 2.66. The van der Waals surface area contributed by atoms with Crippen LogP contribution >= 0.6 is 66.5 Å². The van der Waals surface area contributed by atoms with Crippen LogP contribution in [-0.2, 0) is 14.2 Å². The lowest BCUT2D eigenvalue weighted by Gasteiger charge is -2.18. The Morgan fingerprint density at radius 2 is 0.871 bits per heavy atom. The van der Waals surface area contributed by atoms with Crippen molar-refractivity contribution in [1.29, 1.82) is 0 Å². The second-order valence-electron chi connectivity index (χ2n) is 8.00. The predicted molar refractivity (Wildman–Crippen MR) is 144 cm³/mol. The van der Waals surface area contributed by atoms with Gasteiger partial charge in [0, 0.05) is 25.7 Å². The molecular formula is C20H40Cl6O3Si2. The summed E-state index contributed by atoms with van der Waals surface area (Å²) in [6.45, 7) is 5.94. The number of halogens is 6. The standard InChI is InChI=1S/C20H40Cl6O3Si2/c1-2-3-4-5-6-7-8-9-12-27-17-20(18-28-13-10-15-30(21,22)23)19-29-14-11-16-31(24,25)26/h20H,2-19H2,1H3. The molecule has 0 aromatic heterocycles. The number of rotatable bonds is 23. The molecule has 0 spiro atoms. The number of unbranched alkanes of at least 4 members (excludes halogenated alkanes) is 7. The van der Waals surface area contributed by atoms with Gasteiger partial charge < -0.3 is 14.2 Å². The fourth-order valence-electron chi connectivity index (χ4n) is 2.98. The van der Waals surface area contributed by atoms with Crippen molar-refractivity contribution < 1.29 is 14.2 Å². The quantitative estimate of drug-likeness (QED) is 0.0669. The minimum Gasteiger partial charge on any atom is -0.381 e. The van der Waals surface area contributed by atoms with Crippen molar-refractivity contribution >= 4 is 78.5 Å². The first-order valence-electron chi connectivity index (χ1n) is 11.5. The third-order valence-corrected chi connectivity index (χ3v) is 9.94. The lowest BCUT2D eigenvalue weighted by atomic mass is 10.1. The van der Waals surface area contributed by atoms with Crippen LogP contribution in [-0.4, -0.2) is 51.6 Å². The molecule has 3 nitrogen and oxygen atoms in total. The minimum absolute atomic E-state index is 0.170. The highest BCUT2D eigenvalue weighted by molar-refractivity contribution is 7.65. The Hall–Kier alpha value is 2.05. The van der Waals surface area contributed by atoms with Gasteiger partial charge in [0.15, 0.2) is 0 Å². The van der Waals surface area contributed by atoms with Crippen LogP contribution in [0.1, 0.15) is 71.1 Å². The highest BCUT2D eigenvalue weighted by Gasteiger charge is 2.24. The second-order valence-corrected chi connectivity index (χ2v) is 26.6. The van der Waals surface area contributed by atoms with E-state index in [1.165, 1.54) is 44.9 Å². The van der Waals surface area contributed by atoms with Crippen LogP contribution in [0.2, 0.25) is 12.1 Å². The van der Waals surface area contributed by atoms with Gasteiger partial charge in [0.1, 0.15) is 0 Å². The molecule has 0 atom stereocenters. The van der Waals surface area contributed by atoms with Gasteiger partial charge in [-0.05, 0) is 31.4 Å². The molecule has 0 fully saturated rings. The van der Waals surface area contributed by atoms with Gasteiger partial charge >= 0.3 is 12.0 Å². The highest BCUT2D eigenvalue weighted by atomic mass is 35.8. The Morgan fingerprint density at radius 1 is 0.516 bits per heavy atom. The first-order valence-corrected chi connectivity index (χ1v) is 22.0. The van der Waals surface area contributed by atoms with Crippen molar-refractivity contribution in [2.45, 2.75) is 83.2 Å². The molecule has 0 radical (unpaired) electrons. The molecule has 0 aliphatic rings. The van der Waals surface area contributed by atoms with Crippen molar-refractivity contribution in [1.82, 2.24) is 0 Å². The second kappa shape index (κ2) is 21.3. The van der Waals surface area contributed by atoms with Crippen LogP contribution in [0, 0.1) is 5.92 Å². The lowest BCUT2D eigenvalue weighted by Crippen LogP contribution is -2.23. The van der Waals surface area contributed by atoms with Gasteiger partial charge in [0.05, 0.1) is 19.8 Å². The van der Waals surface area contributed by atoms with Gasteiger partial charge in [-0.3, -0.25) is 0 Å². The molecule has 0 saturated carbocycles. The maximum Gasteiger partial charge on any atom is 0.341 e. The predicted octanol–water partition coefficient (Wildman–Crippen LogP) is 8.88. The zero-order valence-corrected chi connectivity index (χ0v) is 25.3. The van der Waals surface area contributed by atoms with Crippen LogP contribution in [0.4, 0.5) is 0 Å². The van der Waals surface area contributed by atoms with Crippen molar-refractivity contribution in [3.8, 4) is 0 Å². The molecule has 0 unspecified atom stereocenters. The van der Waals surface area contributed by atoms with Gasteiger partial charge in [-0.25, -0.2) is 0 Å². The zero-order chi connectivity index (χ0) is 23.4.